The van der Waals surface area contributed by atoms with E-state index in [-0.39, 0.29) is 50.4 Å². The average molecular weight is 652 g/mol. The molecule has 9 heteroatoms. The van der Waals surface area contributed by atoms with E-state index in [1.54, 1.807) is 13.2 Å². The first-order valence-electron chi connectivity index (χ1n) is 14.7. The molecule has 2 aromatic carbocycles. The topological polar surface area (TPSA) is 85.4 Å². The maximum atomic E-state index is 13.4. The minimum atomic E-state index is -0.430. The van der Waals surface area contributed by atoms with Crippen LogP contribution >= 0.6 is 0 Å². The van der Waals surface area contributed by atoms with Crippen LogP contribution in [0.15, 0.2) is 65.6 Å². The third kappa shape index (κ3) is 7.75. The number of halogens is 2. The van der Waals surface area contributed by atoms with Crippen LogP contribution in [0, 0.1) is 23.0 Å². The number of rotatable bonds is 5. The van der Waals surface area contributed by atoms with Crippen LogP contribution in [0.1, 0.15) is 56.6 Å². The van der Waals surface area contributed by atoms with Crippen LogP contribution in [0.25, 0.3) is 21.8 Å². The molecule has 1 aliphatic carbocycles. The number of pyridine rings is 1. The summed E-state index contributed by atoms with van der Waals surface area (Å²) in [7, 11) is 1.66. The van der Waals surface area contributed by atoms with Crippen LogP contribution in [0.3, 0.4) is 0 Å². The number of hydrogen-bond acceptors (Lipinski definition) is 3. The van der Waals surface area contributed by atoms with Crippen LogP contribution in [-0.2, 0) is 39.3 Å². The molecule has 1 saturated carbocycles. The van der Waals surface area contributed by atoms with Gasteiger partial charge in [0.25, 0.3) is 5.56 Å². The zero-order chi connectivity index (χ0) is 28.8. The summed E-state index contributed by atoms with van der Waals surface area (Å²) in [4.78, 5) is 12.8. The normalized spacial score (nSPS) is 23.0. The second-order valence-corrected chi connectivity index (χ2v) is 11.6. The number of benzene rings is 2. The van der Waals surface area contributed by atoms with Gasteiger partial charge in [-0.05, 0) is 65.6 Å². The Balaban J connectivity index is 0.000000216. The van der Waals surface area contributed by atoms with Gasteiger partial charge in [0.05, 0.1) is 7.11 Å². The first-order chi connectivity index (χ1) is 19.9. The molecule has 6 nitrogen and oxygen atoms in total. The maximum Gasteiger partial charge on any atom is 0.251 e. The molecule has 42 heavy (non-hydrogen) atoms. The monoisotopic (exact) mass is 651 g/mol. The fourth-order valence-electron chi connectivity index (χ4n) is 6.73. The van der Waals surface area contributed by atoms with E-state index in [1.807, 2.05) is 41.1 Å². The largest absolute Gasteiger partial charge is 0.662 e. The van der Waals surface area contributed by atoms with Crippen molar-refractivity contribution in [3.63, 3.8) is 0 Å². The van der Waals surface area contributed by atoms with E-state index in [2.05, 4.69) is 5.32 Å². The number of para-hydroxylation sites is 1. The molecule has 3 aliphatic rings. The molecular formula is C33H40F2N4O2Y-2. The SMILES string of the molecule is COc1ccccc1-c1ccn(C[C@@H]2CC[N-]CC23CCCC3)c(=O)c1.NC1CC[N-]C(c2cc(F)ccc2F)C1.[Y]. The predicted octanol–water partition coefficient (Wildman–Crippen LogP) is 6.98. The molecule has 0 bridgehead atoms. The van der Waals surface area contributed by atoms with Gasteiger partial charge in [0.15, 0.2) is 0 Å². The molecule has 3 heterocycles. The minimum absolute atomic E-state index is 0. The summed E-state index contributed by atoms with van der Waals surface area (Å²) < 4.78 is 33.7. The Labute approximate surface area is 272 Å². The molecule has 0 amide bonds. The van der Waals surface area contributed by atoms with E-state index in [0.29, 0.717) is 29.9 Å². The van der Waals surface area contributed by atoms with Crippen LogP contribution in [0.4, 0.5) is 8.78 Å². The summed E-state index contributed by atoms with van der Waals surface area (Å²) in [5.41, 5.74) is 8.39. The van der Waals surface area contributed by atoms with E-state index >= 15 is 0 Å². The summed E-state index contributed by atoms with van der Waals surface area (Å²) in [6.45, 7) is 3.38. The van der Waals surface area contributed by atoms with Gasteiger partial charge in [0, 0.05) is 63.1 Å². The average Bonchev–Trinajstić information content (AvgIpc) is 3.45. The van der Waals surface area contributed by atoms with Gasteiger partial charge in [-0.3, -0.25) is 4.79 Å². The molecule has 6 rings (SSSR count). The molecule has 2 N–H and O–H groups in total. The molecule has 1 spiro atoms. The van der Waals surface area contributed by atoms with Crippen LogP contribution in [-0.4, -0.2) is 37.4 Å². The van der Waals surface area contributed by atoms with Crippen molar-refractivity contribution >= 4 is 0 Å². The Morgan fingerprint density at radius 3 is 2.57 bits per heavy atom. The summed E-state index contributed by atoms with van der Waals surface area (Å²) in [6.07, 6.45) is 9.67. The molecule has 2 aliphatic heterocycles. The predicted molar refractivity (Wildman–Crippen MR) is 159 cm³/mol. The smallest absolute Gasteiger partial charge is 0.251 e. The van der Waals surface area contributed by atoms with Crippen molar-refractivity contribution < 1.29 is 46.2 Å². The summed E-state index contributed by atoms with van der Waals surface area (Å²) in [6, 6.07) is 14.8. The Hall–Kier alpha value is -1.97. The molecule has 2 saturated heterocycles. The first-order valence-corrected chi connectivity index (χ1v) is 14.7. The van der Waals surface area contributed by atoms with E-state index in [9.17, 15) is 13.6 Å². The quantitative estimate of drug-likeness (QED) is 0.323. The summed E-state index contributed by atoms with van der Waals surface area (Å²) in [5.74, 6) is 0.528. The van der Waals surface area contributed by atoms with Gasteiger partial charge in [-0.1, -0.05) is 50.3 Å². The van der Waals surface area contributed by atoms with Crippen molar-refractivity contribution in [2.45, 2.75) is 63.6 Å². The van der Waals surface area contributed by atoms with Crippen LogP contribution in [0.5, 0.6) is 5.75 Å². The van der Waals surface area contributed by atoms with Crippen molar-refractivity contribution in [2.75, 3.05) is 26.7 Å². The number of nitrogens with zero attached hydrogens (tertiary/aromatic N) is 3. The van der Waals surface area contributed by atoms with E-state index in [1.165, 1.54) is 31.7 Å². The Morgan fingerprint density at radius 1 is 1.05 bits per heavy atom. The minimum Gasteiger partial charge on any atom is -0.662 e. The standard InChI is InChI=1S/C22H27N2O2.C11H13F2N2.Y/c1-26-20-7-3-2-6-19(20)17-9-13-24(21(25)14-17)15-18-8-12-23-16-22(18)10-4-5-11-22;12-7-1-2-10(13)9(5-7)11-6-8(14)3-4-15-11;/h2-3,6-7,9,13-14,18H,4-5,8,10-12,15-16H2,1H3;1-2,5,8,11H,3-4,6,14H2;/q2*-1;/t18-;;/m0../s1. The van der Waals surface area contributed by atoms with Gasteiger partial charge in [-0.25, -0.2) is 8.78 Å². The van der Waals surface area contributed by atoms with Gasteiger partial charge < -0.3 is 25.7 Å². The Bertz CT molecular complexity index is 1380. The van der Waals surface area contributed by atoms with Crippen molar-refractivity contribution in [1.82, 2.24) is 4.57 Å². The second kappa shape index (κ2) is 15.2. The molecule has 2 unspecified atom stereocenters. The fraction of sp³-hybridized carbons (Fsp3) is 0.485. The summed E-state index contributed by atoms with van der Waals surface area (Å²) in [5, 5.41) is 8.96. The molecule has 3 atom stereocenters. The fourth-order valence-corrected chi connectivity index (χ4v) is 6.73. The van der Waals surface area contributed by atoms with Crippen LogP contribution < -0.4 is 16.0 Å². The maximum absolute atomic E-state index is 13.4. The van der Waals surface area contributed by atoms with Crippen molar-refractivity contribution in [1.29, 1.82) is 0 Å². The molecule has 3 aromatic rings. The molecule has 223 valence electrons. The number of ether oxygens (including phenoxy) is 1. The second-order valence-electron chi connectivity index (χ2n) is 11.6. The van der Waals surface area contributed by atoms with E-state index < -0.39 is 11.6 Å². The van der Waals surface area contributed by atoms with E-state index in [4.69, 9.17) is 15.8 Å². The number of piperidine rings is 2. The molecular weight excluding hydrogens is 611 g/mol. The van der Waals surface area contributed by atoms with Gasteiger partial charge in [0.1, 0.15) is 17.4 Å². The molecule has 1 aromatic heterocycles. The van der Waals surface area contributed by atoms with Gasteiger partial charge >= 0.3 is 0 Å². The third-order valence-corrected chi connectivity index (χ3v) is 9.05. The van der Waals surface area contributed by atoms with Crippen molar-refractivity contribution in [2.24, 2.45) is 17.1 Å². The van der Waals surface area contributed by atoms with Crippen LogP contribution in [0.2, 0.25) is 0 Å². The summed E-state index contributed by atoms with van der Waals surface area (Å²) >= 11 is 0. The van der Waals surface area contributed by atoms with Crippen molar-refractivity contribution in [3.8, 4) is 16.9 Å². The number of methoxy groups -OCH3 is 1. The molecule has 1 radical (unpaired) electrons. The van der Waals surface area contributed by atoms with Crippen molar-refractivity contribution in [3.05, 3.63) is 99.0 Å². The third-order valence-electron chi connectivity index (χ3n) is 9.05. The molecule has 3 fully saturated rings. The Morgan fingerprint density at radius 2 is 1.83 bits per heavy atom. The zero-order valence-electron chi connectivity index (χ0n) is 24.4. The number of aromatic nitrogens is 1. The Kier molecular flexibility index (Phi) is 11.9. The van der Waals surface area contributed by atoms with E-state index in [0.717, 1.165) is 61.5 Å². The first kappa shape index (κ1) is 32.9. The van der Waals surface area contributed by atoms with Gasteiger partial charge in [-0.15, -0.1) is 25.7 Å². The number of hydrogen-bond donors (Lipinski definition) is 1. The number of nitrogens with two attached hydrogens (primary N) is 1. The zero-order valence-corrected chi connectivity index (χ0v) is 27.2. The van der Waals surface area contributed by atoms with Gasteiger partial charge in [0.2, 0.25) is 0 Å². The van der Waals surface area contributed by atoms with Gasteiger partial charge in [-0.2, -0.15) is 0 Å².